The van der Waals surface area contributed by atoms with Crippen molar-refractivity contribution in [2.75, 3.05) is 32.1 Å². The zero-order valence-corrected chi connectivity index (χ0v) is 12.5. The normalized spacial score (nSPS) is 17.6. The smallest absolute Gasteiger partial charge is 0.335 e. The summed E-state index contributed by atoms with van der Waals surface area (Å²) in [5.41, 5.74) is 0.797. The van der Waals surface area contributed by atoms with Gasteiger partial charge in [-0.05, 0) is 52.2 Å². The Morgan fingerprint density at radius 1 is 1.43 bits per heavy atom. The van der Waals surface area contributed by atoms with Crippen LogP contribution in [0.3, 0.4) is 0 Å². The summed E-state index contributed by atoms with van der Waals surface area (Å²) >= 11 is 0. The summed E-state index contributed by atoms with van der Waals surface area (Å²) in [4.78, 5) is 27.0. The lowest BCUT2D eigenvalue weighted by Crippen LogP contribution is -2.45. The highest BCUT2D eigenvalue weighted by Gasteiger charge is 2.31. The predicted octanol–water partition coefficient (Wildman–Crippen LogP) is 1.45. The van der Waals surface area contributed by atoms with E-state index in [1.807, 2.05) is 14.1 Å². The molecule has 21 heavy (non-hydrogen) atoms. The first kappa shape index (κ1) is 15.3. The molecule has 0 bridgehead atoms. The Morgan fingerprint density at radius 3 is 2.76 bits per heavy atom. The molecule has 0 saturated carbocycles. The Balaban J connectivity index is 2.25. The number of carbonyl (C=O) groups excluding carboxylic acids is 1. The standard InChI is InChI=1S/C15H20N2O4/c1-10-14(18)17(8-4-7-16(2)3)12-6-5-11(15(19)20)9-13(12)21-10/h5-6,9-10H,4,7-8H2,1-3H3,(H,19,20). The first-order valence-electron chi connectivity index (χ1n) is 6.90. The van der Waals surface area contributed by atoms with Crippen molar-refractivity contribution in [1.82, 2.24) is 4.90 Å². The van der Waals surface area contributed by atoms with Crippen LogP contribution in [0.1, 0.15) is 23.7 Å². The number of carbonyl (C=O) groups is 2. The fourth-order valence-electron chi connectivity index (χ4n) is 2.32. The number of hydrogen-bond acceptors (Lipinski definition) is 4. The van der Waals surface area contributed by atoms with Crippen LogP contribution in [0, 0.1) is 0 Å². The van der Waals surface area contributed by atoms with E-state index >= 15 is 0 Å². The fourth-order valence-corrected chi connectivity index (χ4v) is 2.32. The summed E-state index contributed by atoms with van der Waals surface area (Å²) < 4.78 is 5.53. The number of carboxylic acids is 1. The van der Waals surface area contributed by atoms with Crippen molar-refractivity contribution in [3.8, 4) is 5.75 Å². The molecule has 114 valence electrons. The van der Waals surface area contributed by atoms with Crippen molar-refractivity contribution in [3.05, 3.63) is 23.8 Å². The maximum absolute atomic E-state index is 12.3. The fraction of sp³-hybridized carbons (Fsp3) is 0.467. The van der Waals surface area contributed by atoms with Crippen LogP contribution in [0.5, 0.6) is 5.75 Å². The van der Waals surface area contributed by atoms with Crippen LogP contribution in [0.15, 0.2) is 18.2 Å². The van der Waals surface area contributed by atoms with Gasteiger partial charge in [-0.15, -0.1) is 0 Å². The molecule has 1 amide bonds. The minimum absolute atomic E-state index is 0.0932. The van der Waals surface area contributed by atoms with Gasteiger partial charge in [-0.3, -0.25) is 4.79 Å². The Bertz CT molecular complexity index is 557. The molecule has 1 aliphatic heterocycles. The number of amides is 1. The van der Waals surface area contributed by atoms with Gasteiger partial charge in [-0.25, -0.2) is 4.79 Å². The molecule has 1 aromatic rings. The second-order valence-corrected chi connectivity index (χ2v) is 5.39. The van der Waals surface area contributed by atoms with E-state index in [0.29, 0.717) is 18.0 Å². The average molecular weight is 292 g/mol. The Kier molecular flexibility index (Phi) is 4.47. The van der Waals surface area contributed by atoms with E-state index in [2.05, 4.69) is 4.90 Å². The first-order chi connectivity index (χ1) is 9.90. The molecule has 1 aromatic carbocycles. The van der Waals surface area contributed by atoms with Gasteiger partial charge in [0.05, 0.1) is 11.3 Å². The molecule has 1 N–H and O–H groups in total. The van der Waals surface area contributed by atoms with Crippen LogP contribution in [-0.2, 0) is 4.79 Å². The quantitative estimate of drug-likeness (QED) is 0.889. The summed E-state index contributed by atoms with van der Waals surface area (Å²) in [6, 6.07) is 4.60. The molecular formula is C15H20N2O4. The van der Waals surface area contributed by atoms with Crippen molar-refractivity contribution in [3.63, 3.8) is 0 Å². The minimum atomic E-state index is -1.01. The number of rotatable bonds is 5. The number of nitrogens with zero attached hydrogens (tertiary/aromatic N) is 2. The SMILES string of the molecule is CC1Oc2cc(C(=O)O)ccc2N(CCCN(C)C)C1=O. The summed E-state index contributed by atoms with van der Waals surface area (Å²) in [7, 11) is 3.97. The monoisotopic (exact) mass is 292 g/mol. The average Bonchev–Trinajstić information content (AvgIpc) is 2.42. The van der Waals surface area contributed by atoms with Gasteiger partial charge in [0, 0.05) is 6.54 Å². The second-order valence-electron chi connectivity index (χ2n) is 5.39. The zero-order valence-electron chi connectivity index (χ0n) is 12.5. The van der Waals surface area contributed by atoms with Crippen molar-refractivity contribution in [2.45, 2.75) is 19.4 Å². The Hall–Kier alpha value is -2.08. The second kappa shape index (κ2) is 6.13. The predicted molar refractivity (Wildman–Crippen MR) is 79.0 cm³/mol. The third kappa shape index (κ3) is 3.33. The van der Waals surface area contributed by atoms with E-state index in [0.717, 1.165) is 13.0 Å². The molecule has 0 spiro atoms. The van der Waals surface area contributed by atoms with Crippen LogP contribution in [0.25, 0.3) is 0 Å². The van der Waals surface area contributed by atoms with Crippen LogP contribution >= 0.6 is 0 Å². The number of anilines is 1. The molecule has 0 fully saturated rings. The molecule has 0 radical (unpaired) electrons. The molecule has 0 aromatic heterocycles. The molecule has 6 heteroatoms. The first-order valence-corrected chi connectivity index (χ1v) is 6.90. The van der Waals surface area contributed by atoms with Crippen molar-refractivity contribution < 1.29 is 19.4 Å². The van der Waals surface area contributed by atoms with Crippen LogP contribution < -0.4 is 9.64 Å². The molecule has 0 aliphatic carbocycles. The third-order valence-corrected chi connectivity index (χ3v) is 3.40. The lowest BCUT2D eigenvalue weighted by Gasteiger charge is -2.33. The van der Waals surface area contributed by atoms with Crippen LogP contribution in [0.2, 0.25) is 0 Å². The molecule has 0 saturated heterocycles. The van der Waals surface area contributed by atoms with Crippen LogP contribution in [0.4, 0.5) is 5.69 Å². The van der Waals surface area contributed by atoms with Crippen molar-refractivity contribution in [2.24, 2.45) is 0 Å². The Morgan fingerprint density at radius 2 is 2.14 bits per heavy atom. The van der Waals surface area contributed by atoms with Gasteiger partial charge in [0.1, 0.15) is 5.75 Å². The summed E-state index contributed by atoms with van der Waals surface area (Å²) in [5, 5.41) is 9.03. The highest BCUT2D eigenvalue weighted by atomic mass is 16.5. The molecule has 6 nitrogen and oxygen atoms in total. The topological polar surface area (TPSA) is 70.1 Å². The van der Waals surface area contributed by atoms with Gasteiger partial charge in [0.2, 0.25) is 0 Å². The van der Waals surface area contributed by atoms with Gasteiger partial charge in [-0.1, -0.05) is 0 Å². The van der Waals surface area contributed by atoms with Gasteiger partial charge in [0.15, 0.2) is 6.10 Å². The molecule has 1 atom stereocenters. The van der Waals surface area contributed by atoms with Gasteiger partial charge in [0.25, 0.3) is 5.91 Å². The number of ether oxygens (including phenoxy) is 1. The maximum atomic E-state index is 12.3. The summed E-state index contributed by atoms with van der Waals surface area (Å²) in [5.74, 6) is -0.652. The third-order valence-electron chi connectivity index (χ3n) is 3.40. The molecular weight excluding hydrogens is 272 g/mol. The minimum Gasteiger partial charge on any atom is -0.479 e. The highest BCUT2D eigenvalue weighted by Crippen LogP contribution is 2.35. The zero-order chi connectivity index (χ0) is 15.6. The van der Waals surface area contributed by atoms with E-state index in [-0.39, 0.29) is 11.5 Å². The van der Waals surface area contributed by atoms with Gasteiger partial charge < -0.3 is 19.6 Å². The molecule has 1 aliphatic rings. The number of hydrogen-bond donors (Lipinski definition) is 1. The number of carboxylic acid groups (broad SMARTS) is 1. The number of benzene rings is 1. The summed E-state index contributed by atoms with van der Waals surface area (Å²) in [6.07, 6.45) is 0.242. The number of fused-ring (bicyclic) bond motifs is 1. The van der Waals surface area contributed by atoms with Gasteiger partial charge in [-0.2, -0.15) is 0 Å². The number of aromatic carboxylic acids is 1. The largest absolute Gasteiger partial charge is 0.479 e. The van der Waals surface area contributed by atoms with Crippen LogP contribution in [-0.4, -0.2) is 55.2 Å². The highest BCUT2D eigenvalue weighted by molar-refractivity contribution is 6.00. The maximum Gasteiger partial charge on any atom is 0.335 e. The van der Waals surface area contributed by atoms with Crippen molar-refractivity contribution in [1.29, 1.82) is 0 Å². The van der Waals surface area contributed by atoms with E-state index in [1.165, 1.54) is 12.1 Å². The van der Waals surface area contributed by atoms with E-state index in [1.54, 1.807) is 17.9 Å². The van der Waals surface area contributed by atoms with Gasteiger partial charge >= 0.3 is 5.97 Å². The van der Waals surface area contributed by atoms with E-state index < -0.39 is 12.1 Å². The Labute approximate surface area is 123 Å². The molecule has 1 unspecified atom stereocenters. The molecule has 1 heterocycles. The summed E-state index contributed by atoms with van der Waals surface area (Å²) in [6.45, 7) is 3.14. The lowest BCUT2D eigenvalue weighted by atomic mass is 10.1. The lowest BCUT2D eigenvalue weighted by molar-refractivity contribution is -0.125. The van der Waals surface area contributed by atoms with E-state index in [4.69, 9.17) is 9.84 Å². The van der Waals surface area contributed by atoms with Crippen molar-refractivity contribution >= 4 is 17.6 Å². The van der Waals surface area contributed by atoms with E-state index in [9.17, 15) is 9.59 Å². The molecule has 2 rings (SSSR count).